The Hall–Kier alpha value is -0.770. The van der Waals surface area contributed by atoms with Gasteiger partial charge in [0, 0.05) is 0 Å². The van der Waals surface area contributed by atoms with Gasteiger partial charge in [-0.1, -0.05) is 23.2 Å². The Morgan fingerprint density at radius 3 is 2.67 bits per heavy atom. The fraction of sp³-hybridized carbons (Fsp3) is 0.100. The van der Waals surface area contributed by atoms with Crippen molar-refractivity contribution in [3.63, 3.8) is 0 Å². The zero-order valence-corrected chi connectivity index (χ0v) is 10.0. The maximum absolute atomic E-state index is 11.9. The standard InChI is InChI=1S/C10H6Cl2O2S/c1-5-2-3-14-9(5)8(13)6-4-7(11)15-10(6)12/h2-4H,1H3. The van der Waals surface area contributed by atoms with Crippen LogP contribution in [0.25, 0.3) is 0 Å². The molecule has 15 heavy (non-hydrogen) atoms. The third kappa shape index (κ3) is 1.95. The second kappa shape index (κ2) is 4.00. The third-order valence-corrected chi connectivity index (χ3v) is 3.46. The van der Waals surface area contributed by atoms with Gasteiger partial charge >= 0.3 is 0 Å². The van der Waals surface area contributed by atoms with E-state index in [9.17, 15) is 4.79 Å². The molecule has 0 aliphatic rings. The monoisotopic (exact) mass is 260 g/mol. The molecule has 2 aromatic heterocycles. The van der Waals surface area contributed by atoms with E-state index in [1.807, 2.05) is 0 Å². The first-order chi connectivity index (χ1) is 7.09. The Morgan fingerprint density at radius 2 is 2.20 bits per heavy atom. The number of halogens is 2. The number of hydrogen-bond acceptors (Lipinski definition) is 3. The average molecular weight is 261 g/mol. The summed E-state index contributed by atoms with van der Waals surface area (Å²) in [5.74, 6) is 0.0806. The Balaban J connectivity index is 2.45. The van der Waals surface area contributed by atoms with Crippen molar-refractivity contribution < 1.29 is 9.21 Å². The molecule has 0 unspecified atom stereocenters. The topological polar surface area (TPSA) is 30.2 Å². The zero-order valence-electron chi connectivity index (χ0n) is 7.71. The van der Waals surface area contributed by atoms with E-state index in [1.54, 1.807) is 19.1 Å². The van der Waals surface area contributed by atoms with Gasteiger partial charge in [-0.2, -0.15) is 0 Å². The van der Waals surface area contributed by atoms with E-state index in [1.165, 1.54) is 17.6 Å². The highest BCUT2D eigenvalue weighted by Gasteiger charge is 2.20. The van der Waals surface area contributed by atoms with Crippen LogP contribution in [0.4, 0.5) is 0 Å². The van der Waals surface area contributed by atoms with E-state index < -0.39 is 0 Å². The first-order valence-corrected chi connectivity index (χ1v) is 5.70. The van der Waals surface area contributed by atoms with Crippen LogP contribution in [-0.2, 0) is 0 Å². The predicted octanol–water partition coefficient (Wildman–Crippen LogP) is 4.19. The lowest BCUT2D eigenvalue weighted by molar-refractivity contribution is 0.101. The van der Waals surface area contributed by atoms with E-state index in [2.05, 4.69) is 0 Å². The van der Waals surface area contributed by atoms with Crippen LogP contribution in [0, 0.1) is 6.92 Å². The summed E-state index contributed by atoms with van der Waals surface area (Å²) in [4.78, 5) is 11.9. The second-order valence-electron chi connectivity index (χ2n) is 3.00. The molecule has 0 aliphatic carbocycles. The van der Waals surface area contributed by atoms with Gasteiger partial charge in [0.15, 0.2) is 5.76 Å². The molecule has 2 aromatic rings. The summed E-state index contributed by atoms with van der Waals surface area (Å²) < 4.78 is 5.98. The summed E-state index contributed by atoms with van der Waals surface area (Å²) in [6, 6.07) is 3.29. The van der Waals surface area contributed by atoms with E-state index in [0.717, 1.165) is 5.56 Å². The SMILES string of the molecule is Cc1ccoc1C(=O)c1cc(Cl)sc1Cl. The highest BCUT2D eigenvalue weighted by atomic mass is 35.5. The van der Waals surface area contributed by atoms with Crippen LogP contribution in [0.5, 0.6) is 0 Å². The van der Waals surface area contributed by atoms with Crippen molar-refractivity contribution in [1.29, 1.82) is 0 Å². The molecule has 0 atom stereocenters. The maximum Gasteiger partial charge on any atom is 0.230 e. The van der Waals surface area contributed by atoms with E-state index in [-0.39, 0.29) is 5.78 Å². The fourth-order valence-corrected chi connectivity index (χ4v) is 2.68. The summed E-state index contributed by atoms with van der Waals surface area (Å²) in [5.41, 5.74) is 1.18. The Bertz CT molecular complexity index is 513. The van der Waals surface area contributed by atoms with Crippen LogP contribution in [0.1, 0.15) is 21.7 Å². The van der Waals surface area contributed by atoms with Crippen molar-refractivity contribution in [2.24, 2.45) is 0 Å². The first kappa shape index (κ1) is 10.7. The minimum atomic E-state index is -0.231. The molecule has 2 rings (SSSR count). The summed E-state index contributed by atoms with van der Waals surface area (Å²) >= 11 is 12.8. The van der Waals surface area contributed by atoms with Crippen molar-refractivity contribution >= 4 is 40.3 Å². The van der Waals surface area contributed by atoms with Crippen LogP contribution in [0.3, 0.4) is 0 Å². The molecule has 2 heterocycles. The first-order valence-electron chi connectivity index (χ1n) is 4.13. The Kier molecular flexibility index (Phi) is 2.87. The van der Waals surface area contributed by atoms with Gasteiger partial charge in [-0.3, -0.25) is 4.79 Å². The number of hydrogen-bond donors (Lipinski definition) is 0. The smallest absolute Gasteiger partial charge is 0.230 e. The molecule has 0 saturated heterocycles. The van der Waals surface area contributed by atoms with Gasteiger partial charge in [-0.25, -0.2) is 0 Å². The molecular weight excluding hydrogens is 255 g/mol. The molecule has 0 fully saturated rings. The van der Waals surface area contributed by atoms with Crippen LogP contribution in [-0.4, -0.2) is 5.78 Å². The van der Waals surface area contributed by atoms with Gasteiger partial charge in [-0.15, -0.1) is 11.3 Å². The molecule has 78 valence electrons. The van der Waals surface area contributed by atoms with Gasteiger partial charge in [0.25, 0.3) is 0 Å². The van der Waals surface area contributed by atoms with Crippen molar-refractivity contribution in [1.82, 2.24) is 0 Å². The summed E-state index contributed by atoms with van der Waals surface area (Å²) in [5, 5.41) is 0. The van der Waals surface area contributed by atoms with Crippen LogP contribution < -0.4 is 0 Å². The maximum atomic E-state index is 11.9. The zero-order chi connectivity index (χ0) is 11.0. The Morgan fingerprint density at radius 1 is 1.47 bits per heavy atom. The minimum Gasteiger partial charge on any atom is -0.461 e. The number of carbonyl (C=O) groups excluding carboxylic acids is 1. The molecule has 2 nitrogen and oxygen atoms in total. The highest BCUT2D eigenvalue weighted by molar-refractivity contribution is 7.20. The van der Waals surface area contributed by atoms with Crippen molar-refractivity contribution in [3.05, 3.63) is 44.0 Å². The number of furan rings is 1. The fourth-order valence-electron chi connectivity index (χ4n) is 1.22. The quantitative estimate of drug-likeness (QED) is 0.759. The van der Waals surface area contributed by atoms with Gasteiger partial charge < -0.3 is 4.42 Å². The van der Waals surface area contributed by atoms with Gasteiger partial charge in [0.2, 0.25) is 5.78 Å². The molecule has 0 spiro atoms. The van der Waals surface area contributed by atoms with E-state index in [0.29, 0.717) is 20.0 Å². The van der Waals surface area contributed by atoms with Crippen LogP contribution in [0.15, 0.2) is 22.8 Å². The van der Waals surface area contributed by atoms with Crippen molar-refractivity contribution in [2.45, 2.75) is 6.92 Å². The molecule has 0 radical (unpaired) electrons. The number of thiophene rings is 1. The van der Waals surface area contributed by atoms with E-state index in [4.69, 9.17) is 27.6 Å². The summed E-state index contributed by atoms with van der Waals surface area (Å²) in [7, 11) is 0. The molecule has 5 heteroatoms. The second-order valence-corrected chi connectivity index (χ2v) is 5.29. The summed E-state index contributed by atoms with van der Waals surface area (Å²) in [6.07, 6.45) is 1.48. The third-order valence-electron chi connectivity index (χ3n) is 1.97. The van der Waals surface area contributed by atoms with Crippen molar-refractivity contribution in [3.8, 4) is 0 Å². The van der Waals surface area contributed by atoms with Crippen molar-refractivity contribution in [2.75, 3.05) is 0 Å². The molecule has 0 bridgehead atoms. The lowest BCUT2D eigenvalue weighted by Gasteiger charge is -1.95. The molecular formula is C10H6Cl2O2S. The lowest BCUT2D eigenvalue weighted by Crippen LogP contribution is -2.00. The van der Waals surface area contributed by atoms with Gasteiger partial charge in [0.05, 0.1) is 16.2 Å². The Labute approximate surface area is 100 Å². The van der Waals surface area contributed by atoms with Crippen LogP contribution in [0.2, 0.25) is 8.67 Å². The van der Waals surface area contributed by atoms with Gasteiger partial charge in [0.1, 0.15) is 4.34 Å². The number of ketones is 1. The molecule has 0 aromatic carbocycles. The summed E-state index contributed by atoms with van der Waals surface area (Å²) in [6.45, 7) is 1.80. The normalized spacial score (nSPS) is 10.6. The molecule has 0 aliphatic heterocycles. The largest absolute Gasteiger partial charge is 0.461 e. The lowest BCUT2D eigenvalue weighted by atomic mass is 10.1. The highest BCUT2D eigenvalue weighted by Crippen LogP contribution is 2.33. The number of carbonyl (C=O) groups is 1. The number of rotatable bonds is 2. The molecule has 0 amide bonds. The average Bonchev–Trinajstić information content (AvgIpc) is 2.71. The van der Waals surface area contributed by atoms with Crippen LogP contribution >= 0.6 is 34.5 Å². The van der Waals surface area contributed by atoms with E-state index >= 15 is 0 Å². The molecule has 0 N–H and O–H groups in total. The van der Waals surface area contributed by atoms with Gasteiger partial charge in [-0.05, 0) is 24.6 Å². The number of aryl methyl sites for hydroxylation is 1. The predicted molar refractivity (Wildman–Crippen MR) is 61.2 cm³/mol. The minimum absolute atomic E-state index is 0.231. The molecule has 0 saturated carbocycles.